The number of hydrogen-bond donors (Lipinski definition) is 0. The summed E-state index contributed by atoms with van der Waals surface area (Å²) in [7, 11) is 0. The van der Waals surface area contributed by atoms with Crippen LogP contribution >= 0.6 is 0 Å². The summed E-state index contributed by atoms with van der Waals surface area (Å²) < 4.78 is 4.83. The normalized spacial score (nSPS) is 43.4. The maximum absolute atomic E-state index is 10.8. The summed E-state index contributed by atoms with van der Waals surface area (Å²) in [5, 5.41) is 0. The van der Waals surface area contributed by atoms with Crippen LogP contribution in [0.3, 0.4) is 0 Å². The third-order valence-electron chi connectivity index (χ3n) is 2.23. The predicted octanol–water partition coefficient (Wildman–Crippen LogP) is 0.815. The Kier molecular flexibility index (Phi) is 0.875. The van der Waals surface area contributed by atoms with E-state index >= 15 is 0 Å². The molecule has 2 rings (SSSR count). The van der Waals surface area contributed by atoms with E-state index in [2.05, 4.69) is 0 Å². The van der Waals surface area contributed by atoms with Crippen LogP contribution in [-0.2, 0) is 9.53 Å². The Morgan fingerprint density at radius 1 is 1.67 bits per heavy atom. The smallest absolute Gasteiger partial charge is 0.309 e. The van der Waals surface area contributed by atoms with Crippen molar-refractivity contribution >= 4 is 5.97 Å². The summed E-state index contributed by atoms with van der Waals surface area (Å²) in [6, 6.07) is 0. The summed E-state index contributed by atoms with van der Waals surface area (Å²) in [5.74, 6) is 1.84. The Labute approximate surface area is 54.2 Å². The lowest BCUT2D eigenvalue weighted by Gasteiger charge is -2.01. The highest BCUT2D eigenvalue weighted by Crippen LogP contribution is 2.68. The molecule has 0 aromatic heterocycles. The molecule has 0 aliphatic heterocycles. The zero-order valence-corrected chi connectivity index (χ0v) is 5.46. The van der Waals surface area contributed by atoms with Gasteiger partial charge >= 0.3 is 5.97 Å². The van der Waals surface area contributed by atoms with Crippen molar-refractivity contribution in [2.75, 3.05) is 6.61 Å². The van der Waals surface area contributed by atoms with Crippen LogP contribution in [-0.4, -0.2) is 12.6 Å². The Bertz CT molecular complexity index is 145. The van der Waals surface area contributed by atoms with Crippen LogP contribution in [0.1, 0.15) is 13.3 Å². The summed E-state index contributed by atoms with van der Waals surface area (Å²) in [5.41, 5.74) is 0. The molecule has 0 aromatic carbocycles. The van der Waals surface area contributed by atoms with E-state index in [-0.39, 0.29) is 5.97 Å². The molecule has 1 unspecified atom stereocenters. The van der Waals surface area contributed by atoms with Crippen LogP contribution in [0.15, 0.2) is 0 Å². The molecule has 9 heavy (non-hydrogen) atoms. The first-order chi connectivity index (χ1) is 4.34. The van der Waals surface area contributed by atoms with Crippen molar-refractivity contribution in [3.8, 4) is 0 Å². The fourth-order valence-electron chi connectivity index (χ4n) is 1.37. The van der Waals surface area contributed by atoms with Gasteiger partial charge in [-0.2, -0.15) is 0 Å². The average Bonchev–Trinajstić information content (AvgIpc) is 2.46. The van der Waals surface area contributed by atoms with E-state index in [9.17, 15) is 4.79 Å². The van der Waals surface area contributed by atoms with Crippen LogP contribution in [0.5, 0.6) is 0 Å². The molecule has 0 bridgehead atoms. The first kappa shape index (κ1) is 5.27. The van der Waals surface area contributed by atoms with Crippen molar-refractivity contribution in [2.45, 2.75) is 13.3 Å². The topological polar surface area (TPSA) is 26.3 Å². The van der Waals surface area contributed by atoms with E-state index in [0.717, 1.165) is 11.8 Å². The number of rotatable bonds is 2. The van der Waals surface area contributed by atoms with Gasteiger partial charge in [0.25, 0.3) is 0 Å². The van der Waals surface area contributed by atoms with Gasteiger partial charge in [0.2, 0.25) is 0 Å². The van der Waals surface area contributed by atoms with E-state index < -0.39 is 0 Å². The Hall–Kier alpha value is -0.530. The number of fused-ring (bicyclic) bond motifs is 1. The van der Waals surface area contributed by atoms with Crippen molar-refractivity contribution in [3.63, 3.8) is 0 Å². The molecule has 0 spiro atoms. The van der Waals surface area contributed by atoms with Crippen LogP contribution < -0.4 is 0 Å². The second-order valence-corrected chi connectivity index (χ2v) is 2.84. The summed E-state index contributed by atoms with van der Waals surface area (Å²) in [6.45, 7) is 2.39. The molecule has 0 amide bonds. The zero-order valence-electron chi connectivity index (χ0n) is 5.46. The molecule has 2 fully saturated rings. The van der Waals surface area contributed by atoms with Crippen molar-refractivity contribution in [1.82, 2.24) is 0 Å². The molecule has 0 radical (unpaired) electrons. The third-order valence-corrected chi connectivity index (χ3v) is 2.23. The number of carbonyl (C=O) groups is 1. The number of esters is 1. The van der Waals surface area contributed by atoms with Crippen LogP contribution in [0.2, 0.25) is 0 Å². The maximum Gasteiger partial charge on any atom is 0.309 e. The summed E-state index contributed by atoms with van der Waals surface area (Å²) in [6.07, 6.45) is 1.28. The first-order valence-electron chi connectivity index (χ1n) is 3.51. The second-order valence-electron chi connectivity index (χ2n) is 2.84. The van der Waals surface area contributed by atoms with Gasteiger partial charge in [0.05, 0.1) is 12.5 Å². The minimum atomic E-state index is 0.0405. The number of hydrogen-bond acceptors (Lipinski definition) is 2. The lowest BCUT2D eigenvalue weighted by molar-refractivity contribution is -0.146. The van der Waals surface area contributed by atoms with Crippen LogP contribution in [0.4, 0.5) is 0 Å². The van der Waals surface area contributed by atoms with E-state index in [1.54, 1.807) is 0 Å². The summed E-state index contributed by atoms with van der Waals surface area (Å²) >= 11 is 0. The minimum Gasteiger partial charge on any atom is -0.466 e. The van der Waals surface area contributed by atoms with E-state index in [1.165, 1.54) is 6.42 Å². The molecular weight excluding hydrogens is 116 g/mol. The fraction of sp³-hybridized carbons (Fsp3) is 0.857. The number of ether oxygens (including phenoxy) is 1. The van der Waals surface area contributed by atoms with E-state index in [1.807, 2.05) is 6.92 Å². The Morgan fingerprint density at radius 2 is 2.33 bits per heavy atom. The quantitative estimate of drug-likeness (QED) is 0.512. The molecule has 2 aliphatic carbocycles. The van der Waals surface area contributed by atoms with Gasteiger partial charge in [0.1, 0.15) is 0 Å². The largest absolute Gasteiger partial charge is 0.466 e. The molecule has 2 saturated carbocycles. The lowest BCUT2D eigenvalue weighted by Crippen LogP contribution is -2.10. The first-order valence-corrected chi connectivity index (χ1v) is 3.51. The van der Waals surface area contributed by atoms with E-state index in [4.69, 9.17) is 4.74 Å². The van der Waals surface area contributed by atoms with Gasteiger partial charge < -0.3 is 4.74 Å². The Morgan fingerprint density at radius 3 is 2.67 bits per heavy atom. The number of carbonyl (C=O) groups excluding carboxylic acids is 1. The highest BCUT2D eigenvalue weighted by molar-refractivity contribution is 5.78. The van der Waals surface area contributed by atoms with Crippen molar-refractivity contribution < 1.29 is 9.53 Å². The SMILES string of the molecule is CCOC(=O)C1[C@H]2C[C@@H]12. The molecule has 0 N–H and O–H groups in total. The molecule has 2 nitrogen and oxygen atoms in total. The standard InChI is InChI=1S/C7H10O2/c1-2-9-7(8)6-4-3-5(4)6/h4-6H,2-3H2,1H3/t4-,5+,6?. The molecule has 2 aliphatic rings. The van der Waals surface area contributed by atoms with Gasteiger partial charge in [-0.1, -0.05) is 0 Å². The highest BCUT2D eigenvalue weighted by Gasteiger charge is 2.68. The third kappa shape index (κ3) is 0.655. The molecule has 0 heterocycles. The second kappa shape index (κ2) is 1.49. The van der Waals surface area contributed by atoms with Crippen LogP contribution in [0, 0.1) is 17.8 Å². The highest BCUT2D eigenvalue weighted by atomic mass is 16.5. The van der Waals surface area contributed by atoms with Gasteiger partial charge in [-0.25, -0.2) is 0 Å². The summed E-state index contributed by atoms with van der Waals surface area (Å²) in [4.78, 5) is 10.8. The monoisotopic (exact) mass is 126 g/mol. The molecule has 2 heteroatoms. The van der Waals surface area contributed by atoms with Gasteiger partial charge in [0.15, 0.2) is 0 Å². The van der Waals surface area contributed by atoms with Gasteiger partial charge in [-0.3, -0.25) is 4.79 Å². The van der Waals surface area contributed by atoms with Crippen molar-refractivity contribution in [1.29, 1.82) is 0 Å². The average molecular weight is 126 g/mol. The molecule has 50 valence electrons. The predicted molar refractivity (Wildman–Crippen MR) is 31.7 cm³/mol. The van der Waals surface area contributed by atoms with Crippen molar-refractivity contribution in [2.24, 2.45) is 17.8 Å². The molecule has 0 saturated heterocycles. The molecular formula is C7H10O2. The van der Waals surface area contributed by atoms with Gasteiger partial charge in [0, 0.05) is 0 Å². The van der Waals surface area contributed by atoms with Gasteiger partial charge in [-0.15, -0.1) is 0 Å². The van der Waals surface area contributed by atoms with E-state index in [0.29, 0.717) is 12.5 Å². The Balaban J connectivity index is 1.79. The van der Waals surface area contributed by atoms with Crippen LogP contribution in [0.25, 0.3) is 0 Å². The maximum atomic E-state index is 10.8. The fourth-order valence-corrected chi connectivity index (χ4v) is 1.37. The molecule has 0 aromatic rings. The lowest BCUT2D eigenvalue weighted by atomic mass is 10.2. The molecule has 3 atom stereocenters. The zero-order chi connectivity index (χ0) is 6.43. The minimum absolute atomic E-state index is 0.0405. The van der Waals surface area contributed by atoms with Crippen molar-refractivity contribution in [3.05, 3.63) is 0 Å². The van der Waals surface area contributed by atoms with Gasteiger partial charge in [-0.05, 0) is 25.2 Å².